The van der Waals surface area contributed by atoms with Gasteiger partial charge in [0.1, 0.15) is 11.2 Å². The predicted molar refractivity (Wildman–Crippen MR) is 96.6 cm³/mol. The molecule has 0 aliphatic rings. The second kappa shape index (κ2) is 7.47. The van der Waals surface area contributed by atoms with E-state index in [1.165, 1.54) is 6.07 Å². The molecule has 0 unspecified atom stereocenters. The summed E-state index contributed by atoms with van der Waals surface area (Å²) < 4.78 is 13.6. The van der Waals surface area contributed by atoms with Gasteiger partial charge in [-0.25, -0.2) is 4.39 Å². The van der Waals surface area contributed by atoms with Crippen LogP contribution in [0.1, 0.15) is 30.5 Å². The van der Waals surface area contributed by atoms with E-state index in [0.29, 0.717) is 11.3 Å². The van der Waals surface area contributed by atoms with E-state index < -0.39 is 17.2 Å². The van der Waals surface area contributed by atoms with Crippen LogP contribution in [0.25, 0.3) is 0 Å². The molecule has 0 bridgehead atoms. The minimum absolute atomic E-state index is 0.0335. The van der Waals surface area contributed by atoms with Crippen LogP contribution >= 0.6 is 0 Å². The summed E-state index contributed by atoms with van der Waals surface area (Å²) in [4.78, 5) is 25.0. The molecule has 0 radical (unpaired) electrons. The fourth-order valence-electron chi connectivity index (χ4n) is 2.37. The zero-order valence-electron chi connectivity index (χ0n) is 14.9. The monoisotopic (exact) mass is 342 g/mol. The zero-order chi connectivity index (χ0) is 18.6. The summed E-state index contributed by atoms with van der Waals surface area (Å²) in [6.07, 6.45) is 0. The third-order valence-corrected chi connectivity index (χ3v) is 4.16. The maximum absolute atomic E-state index is 13.6. The fourth-order valence-corrected chi connectivity index (χ4v) is 2.37. The van der Waals surface area contributed by atoms with Gasteiger partial charge in [-0.1, -0.05) is 35.9 Å². The van der Waals surface area contributed by atoms with Crippen molar-refractivity contribution >= 4 is 17.5 Å². The Morgan fingerprint density at radius 3 is 2.36 bits per heavy atom. The maximum atomic E-state index is 13.6. The summed E-state index contributed by atoms with van der Waals surface area (Å²) in [6.45, 7) is 6.99. The van der Waals surface area contributed by atoms with Crippen molar-refractivity contribution in [2.45, 2.75) is 34.2 Å². The number of carbonyl (C=O) groups excluding carboxylic acids is 2. The molecule has 0 saturated heterocycles. The second-order valence-corrected chi connectivity index (χ2v) is 6.67. The number of hydrogen-bond donors (Lipinski definition) is 2. The number of halogens is 1. The van der Waals surface area contributed by atoms with Crippen molar-refractivity contribution in [3.63, 3.8) is 0 Å². The van der Waals surface area contributed by atoms with Crippen LogP contribution in [0.15, 0.2) is 42.5 Å². The Morgan fingerprint density at radius 1 is 1.04 bits per heavy atom. The summed E-state index contributed by atoms with van der Waals surface area (Å²) in [5.74, 6) is -1.26. The first-order valence-corrected chi connectivity index (χ1v) is 8.12. The van der Waals surface area contributed by atoms with Gasteiger partial charge < -0.3 is 10.6 Å². The highest BCUT2D eigenvalue weighted by atomic mass is 19.1. The molecule has 0 aromatic heterocycles. The van der Waals surface area contributed by atoms with Crippen LogP contribution < -0.4 is 10.6 Å². The summed E-state index contributed by atoms with van der Waals surface area (Å²) in [5, 5.41) is 5.43. The molecule has 0 saturated carbocycles. The summed E-state index contributed by atoms with van der Waals surface area (Å²) in [7, 11) is 0. The molecule has 132 valence electrons. The number of carbonyl (C=O) groups is 2. The third-order valence-electron chi connectivity index (χ3n) is 4.16. The van der Waals surface area contributed by atoms with Gasteiger partial charge in [0.25, 0.3) is 0 Å². The predicted octanol–water partition coefficient (Wildman–Crippen LogP) is 3.72. The molecule has 0 spiro atoms. The summed E-state index contributed by atoms with van der Waals surface area (Å²) >= 11 is 0. The Balaban J connectivity index is 2.04. The normalized spacial score (nSPS) is 11.1. The van der Waals surface area contributed by atoms with Gasteiger partial charge in [-0.15, -0.1) is 0 Å². The molecule has 0 heterocycles. The van der Waals surface area contributed by atoms with E-state index in [0.717, 1.165) is 11.1 Å². The van der Waals surface area contributed by atoms with Crippen LogP contribution in [0.4, 0.5) is 10.1 Å². The number of benzene rings is 2. The first-order chi connectivity index (χ1) is 11.7. The van der Waals surface area contributed by atoms with Crippen molar-refractivity contribution in [2.24, 2.45) is 5.41 Å². The fraction of sp³-hybridized carbons (Fsp3) is 0.300. The Kier molecular flexibility index (Phi) is 5.57. The molecular formula is C20H23FN2O2. The largest absolute Gasteiger partial charge is 0.351 e. The number of nitrogens with one attached hydrogen (secondary N) is 2. The van der Waals surface area contributed by atoms with Gasteiger partial charge in [-0.05, 0) is 45.4 Å². The number of hydrogen-bond acceptors (Lipinski definition) is 2. The van der Waals surface area contributed by atoms with Gasteiger partial charge in [0.2, 0.25) is 11.8 Å². The van der Waals surface area contributed by atoms with Gasteiger partial charge in [0.15, 0.2) is 0 Å². The Labute approximate surface area is 147 Å². The Morgan fingerprint density at radius 2 is 1.72 bits per heavy atom. The van der Waals surface area contributed by atoms with Gasteiger partial charge in [0, 0.05) is 17.8 Å². The Hall–Kier alpha value is -2.69. The van der Waals surface area contributed by atoms with Crippen LogP contribution in [0.5, 0.6) is 0 Å². The minimum atomic E-state index is -1.29. The highest BCUT2D eigenvalue weighted by Crippen LogP contribution is 2.22. The van der Waals surface area contributed by atoms with E-state index in [1.807, 2.05) is 32.0 Å². The van der Waals surface area contributed by atoms with Crippen LogP contribution in [0.3, 0.4) is 0 Å². The molecule has 2 amide bonds. The van der Waals surface area contributed by atoms with E-state index in [9.17, 15) is 14.0 Å². The second-order valence-electron chi connectivity index (χ2n) is 6.67. The van der Waals surface area contributed by atoms with E-state index in [4.69, 9.17) is 0 Å². The van der Waals surface area contributed by atoms with Crippen molar-refractivity contribution in [2.75, 3.05) is 5.32 Å². The van der Waals surface area contributed by atoms with Gasteiger partial charge >= 0.3 is 0 Å². The molecule has 25 heavy (non-hydrogen) atoms. The molecule has 2 aromatic carbocycles. The number of amides is 2. The molecule has 0 aliphatic heterocycles. The Bertz CT molecular complexity index is 800. The lowest BCUT2D eigenvalue weighted by molar-refractivity contribution is -0.138. The number of aryl methyl sites for hydroxylation is 2. The van der Waals surface area contributed by atoms with E-state index in [1.54, 1.807) is 32.0 Å². The molecule has 4 nitrogen and oxygen atoms in total. The lowest BCUT2D eigenvalue weighted by Crippen LogP contribution is -2.45. The molecular weight excluding hydrogens is 319 g/mol. The maximum Gasteiger partial charge on any atom is 0.239 e. The molecule has 2 aromatic rings. The van der Waals surface area contributed by atoms with Crippen LogP contribution in [-0.2, 0) is 16.1 Å². The average Bonchev–Trinajstić information content (AvgIpc) is 2.56. The molecule has 2 N–H and O–H groups in total. The van der Waals surface area contributed by atoms with Crippen molar-refractivity contribution < 1.29 is 14.0 Å². The van der Waals surface area contributed by atoms with Crippen molar-refractivity contribution in [3.05, 3.63) is 65.0 Å². The summed E-state index contributed by atoms with van der Waals surface area (Å²) in [5.41, 5.74) is 1.78. The smallest absolute Gasteiger partial charge is 0.239 e. The summed E-state index contributed by atoms with van der Waals surface area (Å²) in [6, 6.07) is 11.9. The van der Waals surface area contributed by atoms with Crippen LogP contribution in [-0.4, -0.2) is 11.8 Å². The average molecular weight is 342 g/mol. The first kappa shape index (κ1) is 18.6. The lowest BCUT2D eigenvalue weighted by Gasteiger charge is -2.23. The van der Waals surface area contributed by atoms with Crippen molar-refractivity contribution in [3.8, 4) is 0 Å². The van der Waals surface area contributed by atoms with Crippen molar-refractivity contribution in [1.29, 1.82) is 0 Å². The van der Waals surface area contributed by atoms with Crippen LogP contribution in [0.2, 0.25) is 0 Å². The number of rotatable bonds is 5. The molecule has 2 rings (SSSR count). The van der Waals surface area contributed by atoms with Gasteiger partial charge in [-0.2, -0.15) is 0 Å². The zero-order valence-corrected chi connectivity index (χ0v) is 14.9. The quantitative estimate of drug-likeness (QED) is 0.814. The highest BCUT2D eigenvalue weighted by molar-refractivity contribution is 6.10. The lowest BCUT2D eigenvalue weighted by atomic mass is 9.90. The molecule has 0 atom stereocenters. The van der Waals surface area contributed by atoms with Crippen LogP contribution in [0, 0.1) is 25.1 Å². The third kappa shape index (κ3) is 4.44. The molecule has 0 fully saturated rings. The number of anilines is 1. The van der Waals surface area contributed by atoms with E-state index >= 15 is 0 Å². The van der Waals surface area contributed by atoms with Gasteiger partial charge in [-0.3, -0.25) is 9.59 Å². The van der Waals surface area contributed by atoms with Gasteiger partial charge in [0.05, 0.1) is 0 Å². The standard InChI is InChI=1S/C20H23FN2O2/c1-13-9-10-17(14(2)11-13)23-19(25)20(3,4)18(24)22-12-15-7-5-6-8-16(15)21/h5-11H,12H2,1-4H3,(H,22,24)(H,23,25). The van der Waals surface area contributed by atoms with E-state index in [2.05, 4.69) is 10.6 Å². The highest BCUT2D eigenvalue weighted by Gasteiger charge is 2.36. The SMILES string of the molecule is Cc1ccc(NC(=O)C(C)(C)C(=O)NCc2ccccc2F)c(C)c1. The topological polar surface area (TPSA) is 58.2 Å². The van der Waals surface area contributed by atoms with Crippen molar-refractivity contribution in [1.82, 2.24) is 5.32 Å². The molecule has 0 aliphatic carbocycles. The molecule has 5 heteroatoms. The van der Waals surface area contributed by atoms with E-state index in [-0.39, 0.29) is 12.4 Å². The minimum Gasteiger partial charge on any atom is -0.351 e. The first-order valence-electron chi connectivity index (χ1n) is 8.12.